The molecule has 0 bridgehead atoms. The zero-order chi connectivity index (χ0) is 17.6. The lowest BCUT2D eigenvalue weighted by Gasteiger charge is -2.09. The minimum absolute atomic E-state index is 0.273. The van der Waals surface area contributed by atoms with Crippen molar-refractivity contribution in [2.45, 2.75) is 20.3 Å². The fraction of sp³-hybridized carbons (Fsp3) is 0.286. The second-order valence-corrected chi connectivity index (χ2v) is 5.70. The van der Waals surface area contributed by atoms with Crippen molar-refractivity contribution < 1.29 is 19.0 Å². The third-order valence-electron chi connectivity index (χ3n) is 4.00. The number of benzene rings is 2. The summed E-state index contributed by atoms with van der Waals surface area (Å²) in [6.07, 6.45) is 2.42. The Hall–Kier alpha value is -2.75. The lowest BCUT2D eigenvalue weighted by molar-refractivity contribution is -0.138. The van der Waals surface area contributed by atoms with E-state index in [4.69, 9.17) is 14.2 Å². The summed E-state index contributed by atoms with van der Waals surface area (Å²) in [5, 5.41) is 0. The fourth-order valence-corrected chi connectivity index (χ4v) is 2.80. The van der Waals surface area contributed by atoms with E-state index in [-0.39, 0.29) is 5.97 Å². The quantitative estimate of drug-likeness (QED) is 0.754. The van der Waals surface area contributed by atoms with E-state index < -0.39 is 0 Å². The van der Waals surface area contributed by atoms with E-state index in [0.29, 0.717) is 31.8 Å². The van der Waals surface area contributed by atoms with Gasteiger partial charge in [0.15, 0.2) is 0 Å². The van der Waals surface area contributed by atoms with Crippen LogP contribution in [0.25, 0.3) is 17.2 Å². The van der Waals surface area contributed by atoms with Crippen LogP contribution in [0.2, 0.25) is 0 Å². The molecule has 25 heavy (non-hydrogen) atoms. The maximum absolute atomic E-state index is 12.1. The van der Waals surface area contributed by atoms with Crippen molar-refractivity contribution in [1.29, 1.82) is 0 Å². The van der Waals surface area contributed by atoms with Gasteiger partial charge in [0.1, 0.15) is 11.5 Å². The van der Waals surface area contributed by atoms with E-state index in [0.717, 1.165) is 28.2 Å². The molecule has 0 radical (unpaired) electrons. The van der Waals surface area contributed by atoms with Gasteiger partial charge in [-0.05, 0) is 55.3 Å². The van der Waals surface area contributed by atoms with Crippen molar-refractivity contribution in [2.75, 3.05) is 19.8 Å². The molecular weight excluding hydrogens is 316 g/mol. The van der Waals surface area contributed by atoms with Crippen molar-refractivity contribution in [2.24, 2.45) is 0 Å². The van der Waals surface area contributed by atoms with Gasteiger partial charge in [0.25, 0.3) is 0 Å². The number of esters is 1. The molecule has 0 amide bonds. The van der Waals surface area contributed by atoms with Crippen LogP contribution >= 0.6 is 0 Å². The molecule has 1 aliphatic heterocycles. The van der Waals surface area contributed by atoms with E-state index in [1.807, 2.05) is 62.4 Å². The first kappa shape index (κ1) is 17.1. The molecule has 130 valence electrons. The molecule has 4 heteroatoms. The van der Waals surface area contributed by atoms with Crippen LogP contribution in [0.4, 0.5) is 0 Å². The van der Waals surface area contributed by atoms with E-state index in [1.54, 1.807) is 0 Å². The molecule has 2 aromatic carbocycles. The van der Waals surface area contributed by atoms with Crippen LogP contribution in [0.15, 0.2) is 48.0 Å². The maximum atomic E-state index is 12.1. The third-order valence-corrected chi connectivity index (χ3v) is 4.00. The van der Waals surface area contributed by atoms with Crippen LogP contribution in [-0.2, 0) is 9.53 Å². The van der Waals surface area contributed by atoms with Crippen LogP contribution in [-0.4, -0.2) is 25.8 Å². The lowest BCUT2D eigenvalue weighted by atomic mass is 10.0. The highest BCUT2D eigenvalue weighted by atomic mass is 16.5. The molecule has 0 saturated carbocycles. The van der Waals surface area contributed by atoms with Gasteiger partial charge in [-0.25, -0.2) is 4.79 Å². The normalized spacial score (nSPS) is 13.1. The van der Waals surface area contributed by atoms with Gasteiger partial charge in [-0.3, -0.25) is 0 Å². The Morgan fingerprint density at radius 1 is 1.04 bits per heavy atom. The number of ether oxygens (including phenoxy) is 3. The maximum Gasteiger partial charge on any atom is 0.334 e. The van der Waals surface area contributed by atoms with Crippen molar-refractivity contribution in [3.63, 3.8) is 0 Å². The van der Waals surface area contributed by atoms with Crippen molar-refractivity contribution in [1.82, 2.24) is 0 Å². The van der Waals surface area contributed by atoms with Gasteiger partial charge in [0.05, 0.1) is 19.8 Å². The van der Waals surface area contributed by atoms with Crippen LogP contribution < -0.4 is 9.47 Å². The summed E-state index contributed by atoms with van der Waals surface area (Å²) in [6.45, 7) is 5.27. The van der Waals surface area contributed by atoms with Crippen molar-refractivity contribution in [3.8, 4) is 22.6 Å². The van der Waals surface area contributed by atoms with E-state index in [9.17, 15) is 4.79 Å². The van der Waals surface area contributed by atoms with Crippen LogP contribution in [0, 0.1) is 0 Å². The SMILES string of the molecule is CCOC(=O)C1=Cc2cc(-c3ccc(OCC)cc3)ccc2OCC1. The fourth-order valence-electron chi connectivity index (χ4n) is 2.80. The Kier molecular flexibility index (Phi) is 5.39. The Morgan fingerprint density at radius 2 is 1.80 bits per heavy atom. The molecule has 0 spiro atoms. The van der Waals surface area contributed by atoms with Gasteiger partial charge in [-0.1, -0.05) is 18.2 Å². The highest BCUT2D eigenvalue weighted by molar-refractivity contribution is 5.94. The number of carbonyl (C=O) groups is 1. The summed E-state index contributed by atoms with van der Waals surface area (Å²) in [5.41, 5.74) is 3.68. The molecule has 2 aromatic rings. The average molecular weight is 338 g/mol. The smallest absolute Gasteiger partial charge is 0.334 e. The molecule has 0 unspecified atom stereocenters. The molecule has 0 N–H and O–H groups in total. The highest BCUT2D eigenvalue weighted by Crippen LogP contribution is 2.31. The Bertz CT molecular complexity index is 775. The molecule has 4 nitrogen and oxygen atoms in total. The zero-order valence-corrected chi connectivity index (χ0v) is 14.6. The number of hydrogen-bond acceptors (Lipinski definition) is 4. The minimum atomic E-state index is -0.273. The van der Waals surface area contributed by atoms with Gasteiger partial charge in [0.2, 0.25) is 0 Å². The molecule has 0 fully saturated rings. The standard InChI is InChI=1S/C21H22O4/c1-3-23-19-8-5-15(6-9-19)16-7-10-20-18(13-16)14-17(11-12-25-20)21(22)24-4-2/h5-10,13-14H,3-4,11-12H2,1-2H3. The predicted octanol–water partition coefficient (Wildman–Crippen LogP) is 4.48. The summed E-state index contributed by atoms with van der Waals surface area (Å²) in [5.74, 6) is 1.37. The Balaban J connectivity index is 1.92. The summed E-state index contributed by atoms with van der Waals surface area (Å²) in [6, 6.07) is 14.0. The Labute approximate surface area is 148 Å². The molecule has 1 heterocycles. The number of fused-ring (bicyclic) bond motifs is 1. The number of hydrogen-bond donors (Lipinski definition) is 0. The molecule has 1 aliphatic rings. The summed E-state index contributed by atoms with van der Waals surface area (Å²) in [7, 11) is 0. The topological polar surface area (TPSA) is 44.8 Å². The largest absolute Gasteiger partial charge is 0.494 e. The molecule has 0 aliphatic carbocycles. The summed E-state index contributed by atoms with van der Waals surface area (Å²) >= 11 is 0. The first-order valence-corrected chi connectivity index (χ1v) is 8.59. The first-order valence-electron chi connectivity index (χ1n) is 8.59. The summed E-state index contributed by atoms with van der Waals surface area (Å²) < 4.78 is 16.4. The molecular formula is C21H22O4. The van der Waals surface area contributed by atoms with Gasteiger partial charge in [-0.2, -0.15) is 0 Å². The predicted molar refractivity (Wildman–Crippen MR) is 97.8 cm³/mol. The third kappa shape index (κ3) is 4.02. The highest BCUT2D eigenvalue weighted by Gasteiger charge is 2.16. The van der Waals surface area contributed by atoms with Gasteiger partial charge in [0, 0.05) is 17.6 Å². The van der Waals surface area contributed by atoms with Gasteiger partial charge in [-0.15, -0.1) is 0 Å². The second-order valence-electron chi connectivity index (χ2n) is 5.70. The lowest BCUT2D eigenvalue weighted by Crippen LogP contribution is -2.09. The molecule has 3 rings (SSSR count). The van der Waals surface area contributed by atoms with E-state index in [1.165, 1.54) is 0 Å². The number of rotatable bonds is 5. The van der Waals surface area contributed by atoms with E-state index >= 15 is 0 Å². The van der Waals surface area contributed by atoms with Crippen LogP contribution in [0.5, 0.6) is 11.5 Å². The van der Waals surface area contributed by atoms with Gasteiger partial charge >= 0.3 is 5.97 Å². The monoisotopic (exact) mass is 338 g/mol. The average Bonchev–Trinajstić information content (AvgIpc) is 2.84. The minimum Gasteiger partial charge on any atom is -0.494 e. The zero-order valence-electron chi connectivity index (χ0n) is 14.6. The second kappa shape index (κ2) is 7.88. The summed E-state index contributed by atoms with van der Waals surface area (Å²) in [4.78, 5) is 12.1. The Morgan fingerprint density at radius 3 is 2.52 bits per heavy atom. The number of carbonyl (C=O) groups excluding carboxylic acids is 1. The first-order chi connectivity index (χ1) is 12.2. The molecule has 0 atom stereocenters. The van der Waals surface area contributed by atoms with Crippen molar-refractivity contribution >= 4 is 12.0 Å². The van der Waals surface area contributed by atoms with E-state index in [2.05, 4.69) is 0 Å². The van der Waals surface area contributed by atoms with Gasteiger partial charge < -0.3 is 14.2 Å². The molecule has 0 saturated heterocycles. The van der Waals surface area contributed by atoms with Crippen molar-refractivity contribution in [3.05, 3.63) is 53.6 Å². The van der Waals surface area contributed by atoms with Crippen LogP contribution in [0.1, 0.15) is 25.8 Å². The van der Waals surface area contributed by atoms with Crippen LogP contribution in [0.3, 0.4) is 0 Å². The molecule has 0 aromatic heterocycles.